The Labute approximate surface area is 230 Å². The molecule has 200 valence electrons. The van der Waals surface area contributed by atoms with Gasteiger partial charge in [0.2, 0.25) is 0 Å². The number of H-pyrrole nitrogens is 1. The number of aromatic amines is 1. The van der Waals surface area contributed by atoms with Gasteiger partial charge in [-0.05, 0) is 35.3 Å². The summed E-state index contributed by atoms with van der Waals surface area (Å²) >= 11 is 1.27. The van der Waals surface area contributed by atoms with Gasteiger partial charge in [-0.25, -0.2) is 14.0 Å². The van der Waals surface area contributed by atoms with E-state index in [9.17, 15) is 14.4 Å². The summed E-state index contributed by atoms with van der Waals surface area (Å²) in [5.41, 5.74) is -0.512. The summed E-state index contributed by atoms with van der Waals surface area (Å²) in [6.07, 6.45) is 3.42. The van der Waals surface area contributed by atoms with Crippen molar-refractivity contribution in [2.24, 2.45) is 0 Å². The molecule has 3 aromatic heterocycles. The molecule has 39 heavy (non-hydrogen) atoms. The minimum absolute atomic E-state index is 0.357. The zero-order chi connectivity index (χ0) is 27.9. The van der Waals surface area contributed by atoms with Crippen LogP contribution >= 0.6 is 11.3 Å². The fourth-order valence-electron chi connectivity index (χ4n) is 5.17. The number of hydrogen-bond acceptors (Lipinski definition) is 6. The number of aryl methyl sites for hydroxylation is 1. The smallest absolute Gasteiger partial charge is 0.330 e. The zero-order valence-electron chi connectivity index (χ0n) is 22.5. The molecule has 5 aromatic rings. The Hall–Kier alpha value is -4.02. The van der Waals surface area contributed by atoms with E-state index in [0.717, 1.165) is 19.9 Å². The normalized spacial score (nSPS) is 12.9. The van der Waals surface area contributed by atoms with Crippen LogP contribution in [-0.4, -0.2) is 33.6 Å². The van der Waals surface area contributed by atoms with Crippen LogP contribution in [0.3, 0.4) is 0 Å². The van der Waals surface area contributed by atoms with Crippen LogP contribution in [0.5, 0.6) is 0 Å². The molecule has 0 fully saturated rings. The van der Waals surface area contributed by atoms with Gasteiger partial charge >= 0.3 is 20.0 Å². The average Bonchev–Trinajstić information content (AvgIpc) is 3.55. The minimum atomic E-state index is -3.23. The van der Waals surface area contributed by atoms with Gasteiger partial charge in [0.25, 0.3) is 5.56 Å². The summed E-state index contributed by atoms with van der Waals surface area (Å²) in [5, 5.41) is 6.75. The number of fused-ring (bicyclic) bond motifs is 1. The first kappa shape index (κ1) is 26.6. The Morgan fingerprint density at radius 2 is 1.59 bits per heavy atom. The molecular weight excluding hydrogens is 528 g/mol. The number of carbonyl (C=O) groups excluding carboxylic acids is 1. The van der Waals surface area contributed by atoms with Crippen molar-refractivity contribution < 1.29 is 9.22 Å². The highest BCUT2D eigenvalue weighted by molar-refractivity contribution is 7.21. The maximum Gasteiger partial charge on any atom is 0.330 e. The fraction of sp³-hybridized carbons (Fsp3) is 0.241. The van der Waals surface area contributed by atoms with E-state index in [4.69, 9.17) is 4.43 Å². The van der Waals surface area contributed by atoms with Crippen LogP contribution in [-0.2, 0) is 9.22 Å². The molecular formula is C29H30N4O4SSi. The van der Waals surface area contributed by atoms with E-state index >= 15 is 0 Å². The fourth-order valence-corrected chi connectivity index (χ4v) is 10.7. The average molecular weight is 559 g/mol. The summed E-state index contributed by atoms with van der Waals surface area (Å²) < 4.78 is 9.21. The predicted molar refractivity (Wildman–Crippen MR) is 157 cm³/mol. The molecule has 0 saturated carbocycles. The van der Waals surface area contributed by atoms with Crippen LogP contribution in [0.25, 0.3) is 15.2 Å². The lowest BCUT2D eigenvalue weighted by atomic mass is 10.2. The Morgan fingerprint density at radius 3 is 2.10 bits per heavy atom. The largest absolute Gasteiger partial charge is 0.508 e. The van der Waals surface area contributed by atoms with Crippen molar-refractivity contribution in [3.05, 3.63) is 106 Å². The first-order valence-corrected chi connectivity index (χ1v) is 15.4. The maximum absolute atomic E-state index is 14.0. The maximum atomic E-state index is 14.0. The zero-order valence-corrected chi connectivity index (χ0v) is 24.3. The van der Waals surface area contributed by atoms with Gasteiger partial charge in [-0.2, -0.15) is 5.10 Å². The number of benzene rings is 2. The molecule has 0 amide bonds. The van der Waals surface area contributed by atoms with Crippen molar-refractivity contribution in [3.63, 3.8) is 0 Å². The van der Waals surface area contributed by atoms with E-state index in [0.29, 0.717) is 15.8 Å². The van der Waals surface area contributed by atoms with Gasteiger partial charge in [0.15, 0.2) is 0 Å². The molecule has 0 saturated heterocycles. The lowest BCUT2D eigenvalue weighted by Crippen LogP contribution is -2.67. The van der Waals surface area contributed by atoms with Crippen LogP contribution in [0.4, 0.5) is 0 Å². The van der Waals surface area contributed by atoms with Gasteiger partial charge < -0.3 is 4.43 Å². The summed E-state index contributed by atoms with van der Waals surface area (Å²) in [4.78, 5) is 44.1. The van der Waals surface area contributed by atoms with Crippen LogP contribution < -0.4 is 21.6 Å². The summed E-state index contributed by atoms with van der Waals surface area (Å²) in [7, 11) is -3.23. The highest BCUT2D eigenvalue weighted by atomic mass is 32.1. The van der Waals surface area contributed by atoms with Crippen molar-refractivity contribution in [1.82, 2.24) is 19.3 Å². The number of rotatable bonds is 6. The van der Waals surface area contributed by atoms with Gasteiger partial charge in [-0.3, -0.25) is 14.6 Å². The van der Waals surface area contributed by atoms with Gasteiger partial charge in [0, 0.05) is 18.0 Å². The van der Waals surface area contributed by atoms with Gasteiger partial charge in [-0.15, -0.1) is 0 Å². The summed E-state index contributed by atoms with van der Waals surface area (Å²) in [6.45, 7) is 9.54. The second-order valence-electron chi connectivity index (χ2n) is 10.6. The first-order chi connectivity index (χ1) is 18.6. The third-order valence-corrected chi connectivity index (χ3v) is 13.2. The van der Waals surface area contributed by atoms with Crippen molar-refractivity contribution in [2.45, 2.75) is 45.7 Å². The number of carbonyl (C=O) groups is 1. The third-order valence-electron chi connectivity index (χ3n) is 7.10. The number of thiophene rings is 1. The lowest BCUT2D eigenvalue weighted by molar-refractivity contribution is -0.138. The van der Waals surface area contributed by atoms with Gasteiger partial charge in [0.1, 0.15) is 15.9 Å². The SMILES string of the molecule is Cc1c(-n2cccn2)sc2[nH]c(=O)n(C(C)C(=O)O[Si](c3ccccc3)(c3ccccc3)C(C)(C)C)c(=O)c12. The predicted octanol–water partition coefficient (Wildman–Crippen LogP) is 3.91. The summed E-state index contributed by atoms with van der Waals surface area (Å²) in [6, 6.07) is 20.2. The molecule has 10 heteroatoms. The molecule has 0 spiro atoms. The molecule has 1 N–H and O–H groups in total. The third kappa shape index (κ3) is 4.39. The highest BCUT2D eigenvalue weighted by Crippen LogP contribution is 2.37. The second kappa shape index (κ2) is 9.94. The van der Waals surface area contributed by atoms with Crippen LogP contribution in [0.2, 0.25) is 5.04 Å². The van der Waals surface area contributed by atoms with Crippen LogP contribution in [0.15, 0.2) is 88.7 Å². The Balaban J connectivity index is 1.63. The second-order valence-corrected chi connectivity index (χ2v) is 15.8. The minimum Gasteiger partial charge on any atom is -0.508 e. The Bertz CT molecular complexity index is 1710. The molecule has 0 aliphatic carbocycles. The van der Waals surface area contributed by atoms with Crippen molar-refractivity contribution >= 4 is 46.2 Å². The summed E-state index contributed by atoms with van der Waals surface area (Å²) in [5.74, 6) is -0.628. The molecule has 1 atom stereocenters. The van der Waals surface area contributed by atoms with Crippen LogP contribution in [0.1, 0.15) is 39.3 Å². The molecule has 0 bridgehead atoms. The van der Waals surface area contributed by atoms with E-state index in [1.54, 1.807) is 30.1 Å². The molecule has 3 heterocycles. The van der Waals surface area contributed by atoms with Gasteiger partial charge in [-0.1, -0.05) is 92.8 Å². The molecule has 0 aliphatic heterocycles. The first-order valence-electron chi connectivity index (χ1n) is 12.7. The number of nitrogens with one attached hydrogen (secondary N) is 1. The number of nitrogens with zero attached hydrogens (tertiary/aromatic N) is 3. The molecule has 1 unspecified atom stereocenters. The molecule has 5 rings (SSSR count). The van der Waals surface area contributed by atoms with Crippen molar-refractivity contribution in [2.75, 3.05) is 0 Å². The molecule has 2 aromatic carbocycles. The Kier molecular flexibility index (Phi) is 6.77. The van der Waals surface area contributed by atoms with E-state index < -0.39 is 36.6 Å². The van der Waals surface area contributed by atoms with Crippen molar-refractivity contribution in [1.29, 1.82) is 0 Å². The van der Waals surface area contributed by atoms with Gasteiger partial charge in [0.05, 0.1) is 5.39 Å². The van der Waals surface area contributed by atoms with Crippen LogP contribution in [0, 0.1) is 6.92 Å². The van der Waals surface area contributed by atoms with E-state index in [1.807, 2.05) is 67.6 Å². The van der Waals surface area contributed by atoms with E-state index in [-0.39, 0.29) is 0 Å². The van der Waals surface area contributed by atoms with Crippen molar-refractivity contribution in [3.8, 4) is 5.00 Å². The monoisotopic (exact) mass is 558 g/mol. The van der Waals surface area contributed by atoms with E-state index in [1.165, 1.54) is 11.3 Å². The quantitative estimate of drug-likeness (QED) is 0.319. The standard InChI is InChI=1S/C29H30N4O4SSi/c1-19-23-24(38-26(19)32-18-12-17-30-32)31-28(36)33(25(23)34)20(2)27(35)37-39(29(3,4)5,21-13-8-6-9-14-21)22-15-10-7-11-16-22/h6-18,20H,1-5H3,(H,31,36). The number of hydrogen-bond donors (Lipinski definition) is 1. The molecule has 8 nitrogen and oxygen atoms in total. The topological polar surface area (TPSA) is 99.0 Å². The lowest BCUT2D eigenvalue weighted by Gasteiger charge is -2.42. The Morgan fingerprint density at radius 1 is 1.00 bits per heavy atom. The molecule has 0 aliphatic rings. The molecule has 0 radical (unpaired) electrons. The highest BCUT2D eigenvalue weighted by Gasteiger charge is 2.53. The van der Waals surface area contributed by atoms with E-state index in [2.05, 4.69) is 30.9 Å². The number of aromatic nitrogens is 4.